The minimum absolute atomic E-state index is 0.196. The van der Waals surface area contributed by atoms with E-state index in [1.807, 2.05) is 13.8 Å². The van der Waals surface area contributed by atoms with Crippen molar-refractivity contribution in [3.8, 4) is 0 Å². The standard InChI is InChI=1S/C10H18O/c1-4-5-6-7-9(2)10(3)8-11/h4-5,11H,6-8H2,1-3H3. The molecular formula is C10H18O. The summed E-state index contributed by atoms with van der Waals surface area (Å²) in [5.74, 6) is 0. The fourth-order valence-corrected chi connectivity index (χ4v) is 0.815. The number of hydrogen-bond donors (Lipinski definition) is 1. The Balaban J connectivity index is 3.76. The summed E-state index contributed by atoms with van der Waals surface area (Å²) < 4.78 is 0. The van der Waals surface area contributed by atoms with E-state index in [1.54, 1.807) is 0 Å². The molecule has 0 unspecified atom stereocenters. The second-order valence-electron chi connectivity index (χ2n) is 2.83. The molecule has 0 aromatic rings. The van der Waals surface area contributed by atoms with E-state index in [1.165, 1.54) is 5.57 Å². The largest absolute Gasteiger partial charge is 0.392 e. The average Bonchev–Trinajstić information content (AvgIpc) is 2.03. The van der Waals surface area contributed by atoms with E-state index in [4.69, 9.17) is 5.11 Å². The van der Waals surface area contributed by atoms with Gasteiger partial charge < -0.3 is 5.11 Å². The molecule has 0 heterocycles. The molecule has 0 aliphatic carbocycles. The normalized spacial score (nSPS) is 13.8. The fraction of sp³-hybridized carbons (Fsp3) is 0.600. The number of rotatable bonds is 4. The zero-order valence-corrected chi connectivity index (χ0v) is 7.72. The molecule has 0 bridgehead atoms. The van der Waals surface area contributed by atoms with Gasteiger partial charge in [0.25, 0.3) is 0 Å². The van der Waals surface area contributed by atoms with Gasteiger partial charge >= 0.3 is 0 Å². The van der Waals surface area contributed by atoms with Crippen LogP contribution in [0.1, 0.15) is 33.6 Å². The summed E-state index contributed by atoms with van der Waals surface area (Å²) in [6.07, 6.45) is 6.35. The van der Waals surface area contributed by atoms with Crippen LogP contribution >= 0.6 is 0 Å². The summed E-state index contributed by atoms with van der Waals surface area (Å²) in [5.41, 5.74) is 2.42. The van der Waals surface area contributed by atoms with Crippen molar-refractivity contribution in [2.45, 2.75) is 33.6 Å². The van der Waals surface area contributed by atoms with Crippen molar-refractivity contribution >= 4 is 0 Å². The van der Waals surface area contributed by atoms with Crippen molar-refractivity contribution in [3.05, 3.63) is 23.3 Å². The van der Waals surface area contributed by atoms with E-state index < -0.39 is 0 Å². The van der Waals surface area contributed by atoms with Crippen LogP contribution in [0, 0.1) is 0 Å². The highest BCUT2D eigenvalue weighted by Crippen LogP contribution is 2.09. The van der Waals surface area contributed by atoms with E-state index in [9.17, 15) is 0 Å². The van der Waals surface area contributed by atoms with Crippen LogP contribution in [0.5, 0.6) is 0 Å². The third-order valence-electron chi connectivity index (χ3n) is 1.89. The molecule has 0 amide bonds. The third kappa shape index (κ3) is 4.79. The first kappa shape index (κ1) is 10.4. The second kappa shape index (κ2) is 6.17. The molecule has 0 spiro atoms. The minimum atomic E-state index is 0.196. The van der Waals surface area contributed by atoms with Gasteiger partial charge in [-0.3, -0.25) is 0 Å². The van der Waals surface area contributed by atoms with Crippen LogP contribution in [-0.2, 0) is 0 Å². The van der Waals surface area contributed by atoms with Crippen molar-refractivity contribution in [2.75, 3.05) is 6.61 Å². The smallest absolute Gasteiger partial charge is 0.0641 e. The van der Waals surface area contributed by atoms with Gasteiger partial charge in [-0.05, 0) is 39.2 Å². The summed E-state index contributed by atoms with van der Waals surface area (Å²) >= 11 is 0. The summed E-state index contributed by atoms with van der Waals surface area (Å²) in [4.78, 5) is 0. The number of hydrogen-bond acceptors (Lipinski definition) is 1. The lowest BCUT2D eigenvalue weighted by Crippen LogP contribution is -1.89. The molecular weight excluding hydrogens is 136 g/mol. The predicted molar refractivity (Wildman–Crippen MR) is 49.5 cm³/mol. The number of allylic oxidation sites excluding steroid dienone is 3. The van der Waals surface area contributed by atoms with Crippen molar-refractivity contribution in [2.24, 2.45) is 0 Å². The summed E-state index contributed by atoms with van der Waals surface area (Å²) in [6, 6.07) is 0. The van der Waals surface area contributed by atoms with E-state index >= 15 is 0 Å². The van der Waals surface area contributed by atoms with E-state index in [-0.39, 0.29) is 6.61 Å². The maximum Gasteiger partial charge on any atom is 0.0641 e. The van der Waals surface area contributed by atoms with Crippen molar-refractivity contribution in [1.29, 1.82) is 0 Å². The summed E-state index contributed by atoms with van der Waals surface area (Å²) in [5, 5.41) is 8.79. The van der Waals surface area contributed by atoms with Gasteiger partial charge in [0.05, 0.1) is 6.61 Å². The number of aliphatic hydroxyl groups is 1. The highest BCUT2D eigenvalue weighted by atomic mass is 16.3. The molecule has 0 fully saturated rings. The van der Waals surface area contributed by atoms with Crippen LogP contribution in [0.4, 0.5) is 0 Å². The molecule has 1 nitrogen and oxygen atoms in total. The zero-order valence-electron chi connectivity index (χ0n) is 7.72. The summed E-state index contributed by atoms with van der Waals surface area (Å²) in [6.45, 7) is 6.28. The molecule has 64 valence electrons. The molecule has 0 aliphatic rings. The van der Waals surface area contributed by atoms with Crippen LogP contribution in [0.2, 0.25) is 0 Å². The van der Waals surface area contributed by atoms with Gasteiger partial charge in [-0.2, -0.15) is 0 Å². The van der Waals surface area contributed by atoms with Gasteiger partial charge in [0.2, 0.25) is 0 Å². The van der Waals surface area contributed by atoms with Gasteiger partial charge in [0.1, 0.15) is 0 Å². The Morgan fingerprint density at radius 1 is 1.27 bits per heavy atom. The Morgan fingerprint density at radius 2 is 1.91 bits per heavy atom. The van der Waals surface area contributed by atoms with Crippen molar-refractivity contribution in [1.82, 2.24) is 0 Å². The monoisotopic (exact) mass is 154 g/mol. The molecule has 0 saturated heterocycles. The van der Waals surface area contributed by atoms with Crippen LogP contribution < -0.4 is 0 Å². The highest BCUT2D eigenvalue weighted by Gasteiger charge is 1.93. The Morgan fingerprint density at radius 3 is 2.36 bits per heavy atom. The Hall–Kier alpha value is -0.560. The van der Waals surface area contributed by atoms with Crippen LogP contribution in [-0.4, -0.2) is 11.7 Å². The van der Waals surface area contributed by atoms with Gasteiger partial charge in [-0.15, -0.1) is 0 Å². The molecule has 0 aromatic carbocycles. The Bertz CT molecular complexity index is 154. The maximum atomic E-state index is 8.79. The topological polar surface area (TPSA) is 20.2 Å². The third-order valence-corrected chi connectivity index (χ3v) is 1.89. The van der Waals surface area contributed by atoms with Crippen LogP contribution in [0.15, 0.2) is 23.3 Å². The van der Waals surface area contributed by atoms with E-state index in [0.717, 1.165) is 18.4 Å². The van der Waals surface area contributed by atoms with Crippen molar-refractivity contribution in [3.63, 3.8) is 0 Å². The molecule has 0 aromatic heterocycles. The molecule has 0 saturated carbocycles. The van der Waals surface area contributed by atoms with E-state index in [0.29, 0.717) is 0 Å². The molecule has 1 N–H and O–H groups in total. The quantitative estimate of drug-likeness (QED) is 0.617. The van der Waals surface area contributed by atoms with Crippen LogP contribution in [0.3, 0.4) is 0 Å². The lowest BCUT2D eigenvalue weighted by Gasteiger charge is -2.02. The zero-order chi connectivity index (χ0) is 8.69. The van der Waals surface area contributed by atoms with Crippen LogP contribution in [0.25, 0.3) is 0 Å². The molecule has 0 atom stereocenters. The highest BCUT2D eigenvalue weighted by molar-refractivity contribution is 5.10. The molecule has 1 heteroatoms. The fourth-order valence-electron chi connectivity index (χ4n) is 0.815. The first-order chi connectivity index (χ1) is 5.22. The first-order valence-electron chi connectivity index (χ1n) is 4.09. The van der Waals surface area contributed by atoms with Gasteiger partial charge in [0.15, 0.2) is 0 Å². The maximum absolute atomic E-state index is 8.79. The SMILES string of the molecule is CC=CCCC(C)=C(C)CO. The Kier molecular flexibility index (Phi) is 5.86. The predicted octanol–water partition coefficient (Wildman–Crippen LogP) is 2.67. The molecule has 0 rings (SSSR count). The lowest BCUT2D eigenvalue weighted by molar-refractivity contribution is 0.329. The van der Waals surface area contributed by atoms with Gasteiger partial charge in [-0.1, -0.05) is 17.7 Å². The summed E-state index contributed by atoms with van der Waals surface area (Å²) in [7, 11) is 0. The van der Waals surface area contributed by atoms with Gasteiger partial charge in [-0.25, -0.2) is 0 Å². The van der Waals surface area contributed by atoms with E-state index in [2.05, 4.69) is 19.1 Å². The second-order valence-corrected chi connectivity index (χ2v) is 2.83. The molecule has 0 radical (unpaired) electrons. The first-order valence-corrected chi connectivity index (χ1v) is 4.09. The Labute approximate surface area is 69.4 Å². The van der Waals surface area contributed by atoms with Gasteiger partial charge in [0, 0.05) is 0 Å². The molecule has 0 aliphatic heterocycles. The minimum Gasteiger partial charge on any atom is -0.392 e. The lowest BCUT2D eigenvalue weighted by atomic mass is 10.1. The number of aliphatic hydroxyl groups excluding tert-OH is 1. The average molecular weight is 154 g/mol. The molecule has 11 heavy (non-hydrogen) atoms. The van der Waals surface area contributed by atoms with Crippen molar-refractivity contribution < 1.29 is 5.11 Å².